The van der Waals surface area contributed by atoms with E-state index in [1.165, 1.54) is 18.5 Å². The highest BCUT2D eigenvalue weighted by molar-refractivity contribution is 5.95. The molecule has 0 radical (unpaired) electrons. The van der Waals surface area contributed by atoms with Crippen LogP contribution in [0.1, 0.15) is 28.8 Å². The van der Waals surface area contributed by atoms with E-state index in [1.54, 1.807) is 12.1 Å². The monoisotopic (exact) mass is 423 g/mol. The van der Waals surface area contributed by atoms with E-state index in [-0.39, 0.29) is 12.5 Å². The van der Waals surface area contributed by atoms with Crippen LogP contribution in [0.3, 0.4) is 0 Å². The molecule has 0 atom stereocenters. The molecule has 7 nitrogen and oxygen atoms in total. The topological polar surface area (TPSA) is 71.1 Å². The smallest absolute Gasteiger partial charge is 0.338 e. The predicted octanol–water partition coefficient (Wildman–Crippen LogP) is 2.91. The molecule has 2 fully saturated rings. The summed E-state index contributed by atoms with van der Waals surface area (Å²) in [7, 11) is 0. The minimum atomic E-state index is -0.502. The van der Waals surface area contributed by atoms with Gasteiger partial charge in [-0.15, -0.1) is 0 Å². The van der Waals surface area contributed by atoms with E-state index in [0.29, 0.717) is 11.3 Å². The number of amides is 1. The fourth-order valence-corrected chi connectivity index (χ4v) is 3.91. The average Bonchev–Trinajstić information content (AvgIpc) is 3.34. The maximum Gasteiger partial charge on any atom is 0.338 e. The van der Waals surface area contributed by atoms with Crippen molar-refractivity contribution in [1.82, 2.24) is 4.90 Å². The van der Waals surface area contributed by atoms with Crippen LogP contribution >= 0.6 is 0 Å². The van der Waals surface area contributed by atoms with Gasteiger partial charge in [-0.05, 0) is 54.8 Å². The summed E-state index contributed by atoms with van der Waals surface area (Å²) in [5.74, 6) is -0.858. The van der Waals surface area contributed by atoms with E-state index in [2.05, 4.69) is 15.1 Å². The van der Waals surface area contributed by atoms with Gasteiger partial charge >= 0.3 is 5.97 Å². The maximum atomic E-state index is 12.3. The molecule has 2 aromatic carbocycles. The molecule has 1 amide bonds. The summed E-state index contributed by atoms with van der Waals surface area (Å²) in [6.07, 6.45) is 2.45. The number of anilines is 2. The third-order valence-electron chi connectivity index (χ3n) is 5.66. The highest BCUT2D eigenvalue weighted by Crippen LogP contribution is 2.22. The molecule has 164 valence electrons. The van der Waals surface area contributed by atoms with Crippen molar-refractivity contribution in [3.63, 3.8) is 0 Å². The summed E-state index contributed by atoms with van der Waals surface area (Å²) >= 11 is 0. The Labute approximate surface area is 182 Å². The zero-order valence-electron chi connectivity index (χ0n) is 17.7. The fourth-order valence-electron chi connectivity index (χ4n) is 3.91. The quantitative estimate of drug-likeness (QED) is 0.691. The number of morpholine rings is 1. The van der Waals surface area contributed by atoms with Crippen LogP contribution in [0.4, 0.5) is 11.4 Å². The molecule has 4 rings (SSSR count). The zero-order chi connectivity index (χ0) is 21.5. The molecule has 2 aliphatic rings. The van der Waals surface area contributed by atoms with Gasteiger partial charge in [0, 0.05) is 44.1 Å². The summed E-state index contributed by atoms with van der Waals surface area (Å²) in [4.78, 5) is 29.1. The second-order valence-corrected chi connectivity index (χ2v) is 7.95. The Morgan fingerprint density at radius 2 is 1.58 bits per heavy atom. The van der Waals surface area contributed by atoms with E-state index < -0.39 is 5.97 Å². The van der Waals surface area contributed by atoms with Crippen molar-refractivity contribution in [2.75, 3.05) is 56.2 Å². The van der Waals surface area contributed by atoms with Crippen LogP contribution in [0.15, 0.2) is 48.5 Å². The van der Waals surface area contributed by atoms with E-state index >= 15 is 0 Å². The van der Waals surface area contributed by atoms with Gasteiger partial charge in [0.1, 0.15) is 0 Å². The molecular weight excluding hydrogens is 394 g/mol. The van der Waals surface area contributed by atoms with Crippen LogP contribution in [0.5, 0.6) is 0 Å². The number of nitrogens with zero attached hydrogens (tertiary/aromatic N) is 2. The number of nitrogens with one attached hydrogen (secondary N) is 1. The minimum Gasteiger partial charge on any atom is -0.452 e. The van der Waals surface area contributed by atoms with Crippen LogP contribution < -0.4 is 10.2 Å². The molecule has 2 heterocycles. The summed E-state index contributed by atoms with van der Waals surface area (Å²) in [5, 5.41) is 2.77. The van der Waals surface area contributed by atoms with Crippen molar-refractivity contribution in [1.29, 1.82) is 0 Å². The molecule has 1 N–H and O–H groups in total. The van der Waals surface area contributed by atoms with Gasteiger partial charge in [0.25, 0.3) is 5.91 Å². The third-order valence-corrected chi connectivity index (χ3v) is 5.66. The Balaban J connectivity index is 1.22. The Hall–Kier alpha value is -2.90. The highest BCUT2D eigenvalue weighted by atomic mass is 16.5. The molecule has 0 spiro atoms. The van der Waals surface area contributed by atoms with Crippen LogP contribution in [0.2, 0.25) is 0 Å². The lowest BCUT2D eigenvalue weighted by Crippen LogP contribution is -2.35. The highest BCUT2D eigenvalue weighted by Gasteiger charge is 2.14. The lowest BCUT2D eigenvalue weighted by Gasteiger charge is -2.26. The van der Waals surface area contributed by atoms with Gasteiger partial charge in [0.2, 0.25) is 0 Å². The third kappa shape index (κ3) is 6.06. The lowest BCUT2D eigenvalue weighted by molar-refractivity contribution is -0.119. The molecule has 31 heavy (non-hydrogen) atoms. The molecule has 0 saturated carbocycles. The summed E-state index contributed by atoms with van der Waals surface area (Å²) in [5.41, 5.74) is 3.43. The van der Waals surface area contributed by atoms with Crippen LogP contribution in [0.25, 0.3) is 0 Å². The van der Waals surface area contributed by atoms with Crippen molar-refractivity contribution in [2.45, 2.75) is 19.4 Å². The van der Waals surface area contributed by atoms with Gasteiger partial charge in [-0.25, -0.2) is 4.79 Å². The Morgan fingerprint density at radius 1 is 0.903 bits per heavy atom. The van der Waals surface area contributed by atoms with Crippen molar-refractivity contribution in [2.24, 2.45) is 0 Å². The van der Waals surface area contributed by atoms with Crippen molar-refractivity contribution in [3.8, 4) is 0 Å². The lowest BCUT2D eigenvalue weighted by atomic mass is 10.1. The number of ether oxygens (including phenoxy) is 2. The summed E-state index contributed by atoms with van der Waals surface area (Å²) in [6, 6.07) is 15.1. The van der Waals surface area contributed by atoms with E-state index in [9.17, 15) is 9.59 Å². The molecule has 2 saturated heterocycles. The van der Waals surface area contributed by atoms with Crippen molar-refractivity contribution >= 4 is 23.3 Å². The Kier molecular flexibility index (Phi) is 7.17. The second-order valence-electron chi connectivity index (χ2n) is 7.95. The number of esters is 1. The Bertz CT molecular complexity index is 871. The number of hydrogen-bond donors (Lipinski definition) is 1. The molecule has 0 aromatic heterocycles. The first-order valence-corrected chi connectivity index (χ1v) is 10.9. The van der Waals surface area contributed by atoms with Crippen LogP contribution in [-0.2, 0) is 20.8 Å². The van der Waals surface area contributed by atoms with Gasteiger partial charge in [-0.3, -0.25) is 9.69 Å². The van der Waals surface area contributed by atoms with Crippen LogP contribution in [-0.4, -0.2) is 62.8 Å². The Morgan fingerprint density at radius 3 is 2.26 bits per heavy atom. The average molecular weight is 424 g/mol. The first-order valence-electron chi connectivity index (χ1n) is 10.9. The normalized spacial score (nSPS) is 16.8. The van der Waals surface area contributed by atoms with Gasteiger partial charge in [-0.1, -0.05) is 12.1 Å². The zero-order valence-corrected chi connectivity index (χ0v) is 17.7. The van der Waals surface area contributed by atoms with E-state index in [1.807, 2.05) is 36.4 Å². The molecule has 0 unspecified atom stereocenters. The van der Waals surface area contributed by atoms with Gasteiger partial charge < -0.3 is 19.7 Å². The first kappa shape index (κ1) is 21.3. The van der Waals surface area contributed by atoms with Crippen molar-refractivity contribution in [3.05, 3.63) is 59.7 Å². The van der Waals surface area contributed by atoms with Gasteiger partial charge in [-0.2, -0.15) is 0 Å². The molecule has 2 aromatic rings. The maximum absolute atomic E-state index is 12.3. The number of carbonyl (C=O) groups is 2. The summed E-state index contributed by atoms with van der Waals surface area (Å²) < 4.78 is 10.5. The van der Waals surface area contributed by atoms with Gasteiger partial charge in [0.15, 0.2) is 6.61 Å². The minimum absolute atomic E-state index is 0.317. The molecule has 0 aliphatic carbocycles. The number of benzene rings is 2. The first-order chi connectivity index (χ1) is 15.2. The largest absolute Gasteiger partial charge is 0.452 e. The predicted molar refractivity (Wildman–Crippen MR) is 119 cm³/mol. The summed E-state index contributed by atoms with van der Waals surface area (Å²) in [6.45, 7) is 6.02. The van der Waals surface area contributed by atoms with E-state index in [0.717, 1.165) is 51.5 Å². The van der Waals surface area contributed by atoms with Gasteiger partial charge in [0.05, 0.1) is 18.8 Å². The number of hydrogen-bond acceptors (Lipinski definition) is 6. The second kappa shape index (κ2) is 10.4. The standard InChI is InChI=1S/C24H29N3O4/c28-23(25-21-7-9-22(10-8-21)27-11-1-2-12-27)18-31-24(29)20-5-3-19(4-6-20)17-26-13-15-30-16-14-26/h3-10H,1-2,11-18H2,(H,25,28). The SMILES string of the molecule is O=C(COC(=O)c1ccc(CN2CCOCC2)cc1)Nc1ccc(N2CCCC2)cc1. The van der Waals surface area contributed by atoms with Crippen molar-refractivity contribution < 1.29 is 19.1 Å². The van der Waals surface area contributed by atoms with E-state index in [4.69, 9.17) is 9.47 Å². The molecule has 0 bridgehead atoms. The van der Waals surface area contributed by atoms with Crippen LogP contribution in [0, 0.1) is 0 Å². The fraction of sp³-hybridized carbons (Fsp3) is 0.417. The molecular formula is C24H29N3O4. The molecule has 7 heteroatoms. The number of carbonyl (C=O) groups excluding carboxylic acids is 2. The number of rotatable bonds is 7. The molecule has 2 aliphatic heterocycles.